The second kappa shape index (κ2) is 15.4. The maximum Gasteiger partial charge on any atom is 0.137 e. The van der Waals surface area contributed by atoms with Gasteiger partial charge in [-0.2, -0.15) is 0 Å². The third kappa shape index (κ3) is 5.67. The first-order valence-electron chi connectivity index (χ1n) is 24.5. The lowest BCUT2D eigenvalue weighted by Gasteiger charge is -2.40. The molecule has 2 heterocycles. The third-order valence-corrected chi connectivity index (χ3v) is 16.8. The molecule has 11 aromatic carbocycles. The van der Waals surface area contributed by atoms with Gasteiger partial charge in [-0.15, -0.1) is 0 Å². The minimum atomic E-state index is -0.514. The standard InChI is InChI=1S/C68H43NOS/c1-3-17-44(18-4-1)45-31-40-63-56(41-45)55-39-37-50(43-64(55)70-63)69(48-34-32-47(33-35-48)67(46-19-5-2-6-20-46)57-24-10-7-21-51(57)52-22-8-11-25-58(52)67)49-36-38-54-53-23-9-12-26-59(53)68(62(54)42-49)60-27-13-15-29-65(60)71-66-30-16-14-28-61(66)68/h1-43H. The van der Waals surface area contributed by atoms with Crippen molar-refractivity contribution in [1.82, 2.24) is 0 Å². The van der Waals surface area contributed by atoms with E-state index in [0.29, 0.717) is 0 Å². The van der Waals surface area contributed by atoms with Crippen LogP contribution in [0.2, 0.25) is 0 Å². The van der Waals surface area contributed by atoms with Gasteiger partial charge >= 0.3 is 0 Å². The Morgan fingerprint density at radius 2 is 0.789 bits per heavy atom. The van der Waals surface area contributed by atoms with E-state index in [9.17, 15) is 0 Å². The van der Waals surface area contributed by atoms with Crippen LogP contribution < -0.4 is 4.90 Å². The van der Waals surface area contributed by atoms with Crippen molar-refractivity contribution in [3.8, 4) is 33.4 Å². The first-order chi connectivity index (χ1) is 35.2. The van der Waals surface area contributed by atoms with Gasteiger partial charge in [-0.05, 0) is 139 Å². The lowest BCUT2D eigenvalue weighted by atomic mass is 9.67. The van der Waals surface area contributed by atoms with Gasteiger partial charge in [0.25, 0.3) is 0 Å². The Kier molecular flexibility index (Phi) is 8.76. The summed E-state index contributed by atoms with van der Waals surface area (Å²) in [5, 5.41) is 2.20. The molecule has 2 aliphatic carbocycles. The predicted octanol–water partition coefficient (Wildman–Crippen LogP) is 17.9. The summed E-state index contributed by atoms with van der Waals surface area (Å²) in [6, 6.07) is 96.6. The second-order valence-corrected chi connectivity index (χ2v) is 20.2. The van der Waals surface area contributed by atoms with E-state index in [1.165, 1.54) is 87.7 Å². The summed E-state index contributed by atoms with van der Waals surface area (Å²) in [7, 11) is 0. The summed E-state index contributed by atoms with van der Waals surface area (Å²) in [6.07, 6.45) is 0. The molecule has 0 N–H and O–H groups in total. The van der Waals surface area contributed by atoms with Crippen LogP contribution >= 0.6 is 11.8 Å². The molecule has 0 bridgehead atoms. The van der Waals surface area contributed by atoms with Gasteiger partial charge in [0.15, 0.2) is 0 Å². The molecule has 0 radical (unpaired) electrons. The minimum absolute atomic E-state index is 0.505. The molecule has 332 valence electrons. The Labute approximate surface area is 417 Å². The van der Waals surface area contributed by atoms with Crippen LogP contribution in [0.3, 0.4) is 0 Å². The smallest absolute Gasteiger partial charge is 0.137 e. The van der Waals surface area contributed by atoms with E-state index in [0.717, 1.165) is 39.0 Å². The quantitative estimate of drug-likeness (QED) is 0.165. The fourth-order valence-corrected chi connectivity index (χ4v) is 13.9. The van der Waals surface area contributed by atoms with E-state index >= 15 is 0 Å². The molecule has 3 heteroatoms. The average Bonchev–Trinajstić information content (AvgIpc) is 4.06. The van der Waals surface area contributed by atoms with Crippen molar-refractivity contribution in [2.24, 2.45) is 0 Å². The molecule has 1 aromatic heterocycles. The van der Waals surface area contributed by atoms with E-state index < -0.39 is 10.8 Å². The number of benzene rings is 11. The Bertz CT molecular complexity index is 4000. The van der Waals surface area contributed by atoms with Crippen LogP contribution in [-0.2, 0) is 10.8 Å². The van der Waals surface area contributed by atoms with Gasteiger partial charge in [-0.25, -0.2) is 0 Å². The van der Waals surface area contributed by atoms with Crippen LogP contribution in [0.5, 0.6) is 0 Å². The normalized spacial score (nSPS) is 14.1. The van der Waals surface area contributed by atoms with Crippen molar-refractivity contribution in [3.05, 3.63) is 305 Å². The lowest BCUT2D eigenvalue weighted by molar-refractivity contribution is 0.669. The summed E-state index contributed by atoms with van der Waals surface area (Å²) in [5.74, 6) is 0. The predicted molar refractivity (Wildman–Crippen MR) is 293 cm³/mol. The molecular formula is C68H43NOS. The maximum absolute atomic E-state index is 6.78. The average molecular weight is 922 g/mol. The largest absolute Gasteiger partial charge is 0.456 e. The molecule has 0 saturated heterocycles. The van der Waals surface area contributed by atoms with E-state index in [-0.39, 0.29) is 0 Å². The summed E-state index contributed by atoms with van der Waals surface area (Å²) < 4.78 is 6.78. The Morgan fingerprint density at radius 1 is 0.296 bits per heavy atom. The van der Waals surface area contributed by atoms with Gasteiger partial charge in [0, 0.05) is 43.7 Å². The summed E-state index contributed by atoms with van der Waals surface area (Å²) in [4.78, 5) is 5.02. The molecule has 2 nitrogen and oxygen atoms in total. The molecule has 3 aliphatic rings. The molecule has 12 aromatic rings. The summed E-state index contributed by atoms with van der Waals surface area (Å²) >= 11 is 1.88. The van der Waals surface area contributed by atoms with Crippen molar-refractivity contribution in [2.45, 2.75) is 20.6 Å². The molecule has 0 saturated carbocycles. The van der Waals surface area contributed by atoms with E-state index in [2.05, 4.69) is 266 Å². The number of fused-ring (bicyclic) bond motifs is 15. The molecule has 15 rings (SSSR count). The SMILES string of the molecule is c1ccc(-c2ccc3oc4cc(N(c5ccc(C6(c7ccccc7)c7ccccc7-c7ccccc76)cc5)c5ccc6c(c5)C5(c7ccccc7Sc7ccccc75)c5ccccc5-6)ccc4c3c2)cc1. The maximum atomic E-state index is 6.78. The highest BCUT2D eigenvalue weighted by molar-refractivity contribution is 7.99. The molecule has 0 atom stereocenters. The molecule has 0 fully saturated rings. The van der Waals surface area contributed by atoms with Crippen LogP contribution in [0.4, 0.5) is 17.1 Å². The van der Waals surface area contributed by atoms with Crippen LogP contribution in [0.15, 0.2) is 275 Å². The molecule has 1 aliphatic heterocycles. The Morgan fingerprint density at radius 3 is 1.44 bits per heavy atom. The van der Waals surface area contributed by atoms with Gasteiger partial charge in [0.1, 0.15) is 11.2 Å². The van der Waals surface area contributed by atoms with Crippen LogP contribution in [0.1, 0.15) is 44.5 Å². The number of hydrogen-bond acceptors (Lipinski definition) is 3. The number of hydrogen-bond donors (Lipinski definition) is 0. The molecule has 0 unspecified atom stereocenters. The number of furan rings is 1. The molecule has 1 spiro atoms. The van der Waals surface area contributed by atoms with Crippen molar-refractivity contribution in [1.29, 1.82) is 0 Å². The van der Waals surface area contributed by atoms with E-state index in [4.69, 9.17) is 4.42 Å². The minimum Gasteiger partial charge on any atom is -0.456 e. The van der Waals surface area contributed by atoms with Gasteiger partial charge < -0.3 is 9.32 Å². The van der Waals surface area contributed by atoms with Crippen molar-refractivity contribution in [3.63, 3.8) is 0 Å². The van der Waals surface area contributed by atoms with Crippen LogP contribution in [0.25, 0.3) is 55.3 Å². The zero-order valence-electron chi connectivity index (χ0n) is 38.6. The highest BCUT2D eigenvalue weighted by atomic mass is 32.2. The Balaban J connectivity index is 0.958. The summed E-state index contributed by atoms with van der Waals surface area (Å²) in [6.45, 7) is 0. The lowest BCUT2D eigenvalue weighted by Crippen LogP contribution is -2.32. The number of anilines is 3. The van der Waals surface area contributed by atoms with Gasteiger partial charge in [-0.1, -0.05) is 206 Å². The van der Waals surface area contributed by atoms with Crippen molar-refractivity contribution < 1.29 is 4.42 Å². The zero-order chi connectivity index (χ0) is 46.7. The molecule has 0 amide bonds. The fourth-order valence-electron chi connectivity index (χ4n) is 12.7. The monoisotopic (exact) mass is 921 g/mol. The van der Waals surface area contributed by atoms with Crippen molar-refractivity contribution in [2.75, 3.05) is 4.90 Å². The van der Waals surface area contributed by atoms with Gasteiger partial charge in [0.05, 0.1) is 10.8 Å². The number of rotatable bonds is 6. The zero-order valence-corrected chi connectivity index (χ0v) is 39.4. The van der Waals surface area contributed by atoms with E-state index in [1.54, 1.807) is 0 Å². The molecular weight excluding hydrogens is 879 g/mol. The van der Waals surface area contributed by atoms with E-state index in [1.807, 2.05) is 11.8 Å². The van der Waals surface area contributed by atoms with Crippen molar-refractivity contribution >= 4 is 50.8 Å². The second-order valence-electron chi connectivity index (χ2n) is 19.1. The third-order valence-electron chi connectivity index (χ3n) is 15.6. The summed E-state index contributed by atoms with van der Waals surface area (Å²) in [5.41, 5.74) is 21.7. The van der Waals surface area contributed by atoms with Crippen LogP contribution in [-0.4, -0.2) is 0 Å². The topological polar surface area (TPSA) is 16.4 Å². The Hall–Kier alpha value is -8.63. The molecule has 71 heavy (non-hydrogen) atoms. The van der Waals surface area contributed by atoms with Gasteiger partial charge in [-0.3, -0.25) is 0 Å². The fraction of sp³-hybridized carbons (Fsp3) is 0.0294. The van der Waals surface area contributed by atoms with Gasteiger partial charge in [0.2, 0.25) is 0 Å². The highest BCUT2D eigenvalue weighted by Gasteiger charge is 2.51. The van der Waals surface area contributed by atoms with Crippen LogP contribution in [0, 0.1) is 0 Å². The first-order valence-corrected chi connectivity index (χ1v) is 25.3. The first kappa shape index (κ1) is 40.3. The highest BCUT2D eigenvalue weighted by Crippen LogP contribution is 2.63. The number of nitrogens with zero attached hydrogens (tertiary/aromatic N) is 1.